The summed E-state index contributed by atoms with van der Waals surface area (Å²) in [6.45, 7) is 2.55. The third-order valence-electron chi connectivity index (χ3n) is 2.87. The third-order valence-corrected chi connectivity index (χ3v) is 2.87. The molecule has 0 aliphatic heterocycles. The molecule has 19 heavy (non-hydrogen) atoms. The number of halogens is 3. The Labute approximate surface area is 109 Å². The van der Waals surface area contributed by atoms with E-state index < -0.39 is 17.5 Å². The van der Waals surface area contributed by atoms with Crippen molar-refractivity contribution < 1.29 is 13.2 Å². The molecule has 1 aromatic heterocycles. The fourth-order valence-corrected chi connectivity index (χ4v) is 1.71. The van der Waals surface area contributed by atoms with Gasteiger partial charge in [0.05, 0.1) is 0 Å². The Morgan fingerprint density at radius 2 is 1.68 bits per heavy atom. The van der Waals surface area contributed by atoms with Gasteiger partial charge in [-0.05, 0) is 30.2 Å². The molecule has 0 amide bonds. The van der Waals surface area contributed by atoms with Crippen molar-refractivity contribution in [3.63, 3.8) is 0 Å². The SMILES string of the molecule is Cc1ccncc1CNCc1cc(F)c(F)cc1F. The Kier molecular flexibility index (Phi) is 4.16. The van der Waals surface area contributed by atoms with Crippen LogP contribution in [0.2, 0.25) is 0 Å². The van der Waals surface area contributed by atoms with Gasteiger partial charge in [-0.15, -0.1) is 0 Å². The number of nitrogens with zero attached hydrogens (tertiary/aromatic N) is 1. The molecule has 0 unspecified atom stereocenters. The van der Waals surface area contributed by atoms with Crippen LogP contribution in [0, 0.1) is 24.4 Å². The van der Waals surface area contributed by atoms with Crippen molar-refractivity contribution in [3.05, 3.63) is 64.7 Å². The van der Waals surface area contributed by atoms with Gasteiger partial charge in [-0.2, -0.15) is 0 Å². The van der Waals surface area contributed by atoms with Crippen LogP contribution in [0.3, 0.4) is 0 Å². The lowest BCUT2D eigenvalue weighted by Gasteiger charge is -2.08. The molecule has 0 saturated carbocycles. The maximum atomic E-state index is 13.4. The molecule has 0 aliphatic rings. The Balaban J connectivity index is 2.00. The molecule has 0 fully saturated rings. The first-order valence-electron chi connectivity index (χ1n) is 5.81. The number of benzene rings is 1. The Bertz CT molecular complexity index is 585. The molecule has 2 aromatic rings. The zero-order valence-corrected chi connectivity index (χ0v) is 10.4. The summed E-state index contributed by atoms with van der Waals surface area (Å²) >= 11 is 0. The molecule has 100 valence electrons. The van der Waals surface area contributed by atoms with Crippen molar-refractivity contribution in [1.82, 2.24) is 10.3 Å². The van der Waals surface area contributed by atoms with Gasteiger partial charge in [-0.3, -0.25) is 4.98 Å². The van der Waals surface area contributed by atoms with E-state index in [0.29, 0.717) is 12.6 Å². The van der Waals surface area contributed by atoms with Crippen LogP contribution in [-0.4, -0.2) is 4.98 Å². The number of nitrogens with one attached hydrogen (secondary N) is 1. The molecule has 5 heteroatoms. The molecule has 0 aliphatic carbocycles. The zero-order valence-electron chi connectivity index (χ0n) is 10.4. The third kappa shape index (κ3) is 3.32. The van der Waals surface area contributed by atoms with Gasteiger partial charge in [0.1, 0.15) is 5.82 Å². The molecule has 0 bridgehead atoms. The van der Waals surface area contributed by atoms with Crippen molar-refractivity contribution in [2.24, 2.45) is 0 Å². The monoisotopic (exact) mass is 266 g/mol. The summed E-state index contributed by atoms with van der Waals surface area (Å²) < 4.78 is 39.1. The van der Waals surface area contributed by atoms with E-state index in [4.69, 9.17) is 0 Å². The van der Waals surface area contributed by atoms with Gasteiger partial charge in [-0.1, -0.05) is 0 Å². The zero-order chi connectivity index (χ0) is 13.8. The minimum Gasteiger partial charge on any atom is -0.308 e. The van der Waals surface area contributed by atoms with Crippen LogP contribution in [0.5, 0.6) is 0 Å². The lowest BCUT2D eigenvalue weighted by Crippen LogP contribution is -2.15. The average molecular weight is 266 g/mol. The van der Waals surface area contributed by atoms with Crippen LogP contribution in [0.4, 0.5) is 13.2 Å². The maximum absolute atomic E-state index is 13.4. The van der Waals surface area contributed by atoms with E-state index in [2.05, 4.69) is 10.3 Å². The van der Waals surface area contributed by atoms with E-state index in [-0.39, 0.29) is 12.1 Å². The van der Waals surface area contributed by atoms with Crippen LogP contribution in [0.1, 0.15) is 16.7 Å². The molecular formula is C14H13F3N2. The number of pyridine rings is 1. The highest BCUT2D eigenvalue weighted by Gasteiger charge is 2.09. The molecule has 1 N–H and O–H groups in total. The Hall–Kier alpha value is -1.88. The second kappa shape index (κ2) is 5.84. The van der Waals surface area contributed by atoms with Crippen LogP contribution in [-0.2, 0) is 13.1 Å². The van der Waals surface area contributed by atoms with Gasteiger partial charge >= 0.3 is 0 Å². The predicted octanol–water partition coefficient (Wildman–Crippen LogP) is 3.10. The van der Waals surface area contributed by atoms with E-state index in [1.807, 2.05) is 13.0 Å². The topological polar surface area (TPSA) is 24.9 Å². The van der Waals surface area contributed by atoms with E-state index in [1.54, 1.807) is 12.4 Å². The second-order valence-corrected chi connectivity index (χ2v) is 4.26. The first-order valence-corrected chi connectivity index (χ1v) is 5.81. The fourth-order valence-electron chi connectivity index (χ4n) is 1.71. The minimum atomic E-state index is -1.18. The van der Waals surface area contributed by atoms with Gasteiger partial charge in [0.2, 0.25) is 0 Å². The van der Waals surface area contributed by atoms with Gasteiger partial charge in [-0.25, -0.2) is 13.2 Å². The first kappa shape index (κ1) is 13.5. The van der Waals surface area contributed by atoms with Gasteiger partial charge in [0.25, 0.3) is 0 Å². The van der Waals surface area contributed by atoms with Crippen molar-refractivity contribution >= 4 is 0 Å². The van der Waals surface area contributed by atoms with E-state index in [1.165, 1.54) is 0 Å². The van der Waals surface area contributed by atoms with Crippen molar-refractivity contribution in [3.8, 4) is 0 Å². The van der Waals surface area contributed by atoms with Crippen LogP contribution >= 0.6 is 0 Å². The summed E-state index contributed by atoms with van der Waals surface area (Å²) in [5.41, 5.74) is 2.14. The largest absolute Gasteiger partial charge is 0.308 e. The lowest BCUT2D eigenvalue weighted by molar-refractivity contribution is 0.486. The van der Waals surface area contributed by atoms with E-state index in [0.717, 1.165) is 17.2 Å². The molecule has 2 nitrogen and oxygen atoms in total. The normalized spacial score (nSPS) is 10.7. The first-order chi connectivity index (χ1) is 9.08. The van der Waals surface area contributed by atoms with Crippen LogP contribution in [0.25, 0.3) is 0 Å². The molecule has 0 atom stereocenters. The number of rotatable bonds is 4. The Morgan fingerprint density at radius 3 is 2.42 bits per heavy atom. The summed E-state index contributed by atoms with van der Waals surface area (Å²) in [5, 5.41) is 2.98. The molecule has 1 aromatic carbocycles. The smallest absolute Gasteiger partial charge is 0.161 e. The van der Waals surface area contributed by atoms with Crippen molar-refractivity contribution in [2.45, 2.75) is 20.0 Å². The number of hydrogen-bond acceptors (Lipinski definition) is 2. The van der Waals surface area contributed by atoms with Crippen LogP contribution in [0.15, 0.2) is 30.6 Å². The highest BCUT2D eigenvalue weighted by atomic mass is 19.2. The summed E-state index contributed by atoms with van der Waals surface area (Å²) in [7, 11) is 0. The molecule has 0 radical (unpaired) electrons. The number of hydrogen-bond donors (Lipinski definition) is 1. The maximum Gasteiger partial charge on any atom is 0.161 e. The van der Waals surface area contributed by atoms with Gasteiger partial charge in [0, 0.05) is 37.1 Å². The number of aryl methyl sites for hydroxylation is 1. The van der Waals surface area contributed by atoms with Crippen LogP contribution < -0.4 is 5.32 Å². The van der Waals surface area contributed by atoms with Gasteiger partial charge in [0.15, 0.2) is 11.6 Å². The standard InChI is InChI=1S/C14H13F3N2/c1-9-2-3-18-7-11(9)8-19-6-10-4-13(16)14(17)5-12(10)15/h2-5,7,19H,6,8H2,1H3. The van der Waals surface area contributed by atoms with E-state index >= 15 is 0 Å². The minimum absolute atomic E-state index is 0.0976. The highest BCUT2D eigenvalue weighted by molar-refractivity contribution is 5.22. The lowest BCUT2D eigenvalue weighted by atomic mass is 10.1. The summed E-state index contributed by atoms with van der Waals surface area (Å²) in [6, 6.07) is 3.30. The number of aromatic nitrogens is 1. The molecular weight excluding hydrogens is 253 g/mol. The second-order valence-electron chi connectivity index (χ2n) is 4.26. The average Bonchev–Trinajstić information content (AvgIpc) is 2.38. The highest BCUT2D eigenvalue weighted by Crippen LogP contribution is 2.14. The van der Waals surface area contributed by atoms with Crippen molar-refractivity contribution in [2.75, 3.05) is 0 Å². The predicted molar refractivity (Wildman–Crippen MR) is 65.8 cm³/mol. The molecule has 0 spiro atoms. The molecule has 2 rings (SSSR count). The summed E-state index contributed by atoms with van der Waals surface area (Å²) in [6.07, 6.45) is 3.40. The van der Waals surface area contributed by atoms with Gasteiger partial charge < -0.3 is 5.32 Å². The summed E-state index contributed by atoms with van der Waals surface area (Å²) in [4.78, 5) is 3.99. The molecule has 1 heterocycles. The fraction of sp³-hybridized carbons (Fsp3) is 0.214. The quantitative estimate of drug-likeness (QED) is 0.860. The van der Waals surface area contributed by atoms with Crippen molar-refractivity contribution in [1.29, 1.82) is 0 Å². The van der Waals surface area contributed by atoms with E-state index in [9.17, 15) is 13.2 Å². The summed E-state index contributed by atoms with van der Waals surface area (Å²) in [5.74, 6) is -2.98. The molecule has 0 saturated heterocycles. The Morgan fingerprint density at radius 1 is 1.00 bits per heavy atom.